The van der Waals surface area contributed by atoms with Crippen molar-refractivity contribution in [2.75, 3.05) is 13.9 Å². The van der Waals surface area contributed by atoms with Crippen LogP contribution in [0.25, 0.3) is 0 Å². The van der Waals surface area contributed by atoms with Crippen LogP contribution in [-0.4, -0.2) is 59.9 Å². The SMILES string of the molecule is COCO[C@H]1C(C(=O)O)=CC[C@@H](NC(=O)OC(C)(C)C)[C@@H]1CCC(=O)O. The molecule has 3 N–H and O–H groups in total. The van der Waals surface area contributed by atoms with Crippen molar-refractivity contribution in [2.24, 2.45) is 5.92 Å². The number of carboxylic acids is 2. The normalized spacial score (nSPS) is 23.1. The molecule has 1 amide bonds. The number of rotatable bonds is 8. The molecule has 0 radical (unpaired) electrons. The monoisotopic (exact) mass is 373 g/mol. The van der Waals surface area contributed by atoms with Crippen LogP contribution >= 0.6 is 0 Å². The molecule has 9 nitrogen and oxygen atoms in total. The van der Waals surface area contributed by atoms with Crippen LogP contribution in [-0.2, 0) is 23.8 Å². The Kier molecular flexibility index (Phi) is 8.04. The van der Waals surface area contributed by atoms with Gasteiger partial charge in [-0.05, 0) is 33.6 Å². The lowest BCUT2D eigenvalue weighted by Gasteiger charge is -2.37. The van der Waals surface area contributed by atoms with Gasteiger partial charge in [0.2, 0.25) is 0 Å². The summed E-state index contributed by atoms with van der Waals surface area (Å²) in [5.74, 6) is -2.72. The molecular weight excluding hydrogens is 346 g/mol. The minimum absolute atomic E-state index is 0.0275. The molecule has 0 aliphatic heterocycles. The molecule has 0 aromatic heterocycles. The summed E-state index contributed by atoms with van der Waals surface area (Å²) in [5.41, 5.74) is -0.664. The van der Waals surface area contributed by atoms with Gasteiger partial charge in [-0.2, -0.15) is 0 Å². The highest BCUT2D eigenvalue weighted by atomic mass is 16.7. The first-order valence-corrected chi connectivity index (χ1v) is 8.30. The zero-order valence-electron chi connectivity index (χ0n) is 15.5. The molecular formula is C17H27NO8. The Hall–Kier alpha value is -2.13. The third kappa shape index (κ3) is 7.01. The lowest BCUT2D eigenvalue weighted by atomic mass is 9.79. The molecule has 1 aliphatic carbocycles. The van der Waals surface area contributed by atoms with Gasteiger partial charge in [0.15, 0.2) is 0 Å². The zero-order chi connectivity index (χ0) is 19.9. The highest BCUT2D eigenvalue weighted by Gasteiger charge is 2.39. The second-order valence-electron chi connectivity index (χ2n) is 7.04. The Bertz CT molecular complexity index is 551. The maximum absolute atomic E-state index is 12.1. The van der Waals surface area contributed by atoms with Crippen LogP contribution in [0.4, 0.5) is 4.79 Å². The van der Waals surface area contributed by atoms with Crippen LogP contribution < -0.4 is 5.32 Å². The van der Waals surface area contributed by atoms with E-state index in [-0.39, 0.29) is 31.6 Å². The van der Waals surface area contributed by atoms with E-state index < -0.39 is 41.7 Å². The third-order valence-electron chi connectivity index (χ3n) is 3.81. The van der Waals surface area contributed by atoms with Crippen LogP contribution in [0.15, 0.2) is 11.6 Å². The summed E-state index contributed by atoms with van der Waals surface area (Å²) in [7, 11) is 1.40. The van der Waals surface area contributed by atoms with E-state index in [4.69, 9.17) is 19.3 Å². The number of carboxylic acid groups (broad SMARTS) is 2. The van der Waals surface area contributed by atoms with Gasteiger partial charge < -0.3 is 29.7 Å². The molecule has 0 saturated heterocycles. The quantitative estimate of drug-likeness (QED) is 0.549. The van der Waals surface area contributed by atoms with E-state index in [1.54, 1.807) is 20.8 Å². The highest BCUT2D eigenvalue weighted by Crippen LogP contribution is 2.32. The van der Waals surface area contributed by atoms with Crippen LogP contribution in [0.2, 0.25) is 0 Å². The molecule has 0 fully saturated rings. The Morgan fingerprint density at radius 2 is 1.92 bits per heavy atom. The molecule has 0 saturated carbocycles. The van der Waals surface area contributed by atoms with Crippen molar-refractivity contribution in [1.29, 1.82) is 0 Å². The summed E-state index contributed by atoms with van der Waals surface area (Å²) in [6.45, 7) is 5.02. The average Bonchev–Trinajstić information content (AvgIpc) is 2.49. The van der Waals surface area contributed by atoms with E-state index >= 15 is 0 Å². The second-order valence-corrected chi connectivity index (χ2v) is 7.04. The van der Waals surface area contributed by atoms with Crippen molar-refractivity contribution >= 4 is 18.0 Å². The van der Waals surface area contributed by atoms with E-state index in [0.29, 0.717) is 0 Å². The van der Waals surface area contributed by atoms with Gasteiger partial charge in [0.25, 0.3) is 0 Å². The predicted molar refractivity (Wildman–Crippen MR) is 90.6 cm³/mol. The summed E-state index contributed by atoms with van der Waals surface area (Å²) < 4.78 is 15.6. The summed E-state index contributed by atoms with van der Waals surface area (Å²) in [5, 5.41) is 21.1. The summed E-state index contributed by atoms with van der Waals surface area (Å²) in [6.07, 6.45) is 0.104. The van der Waals surface area contributed by atoms with E-state index in [2.05, 4.69) is 5.32 Å². The van der Waals surface area contributed by atoms with Crippen LogP contribution in [0, 0.1) is 5.92 Å². The Morgan fingerprint density at radius 3 is 2.42 bits per heavy atom. The number of hydrogen-bond acceptors (Lipinski definition) is 6. The number of alkyl carbamates (subject to hydrolysis) is 1. The molecule has 0 aromatic rings. The van der Waals surface area contributed by atoms with Crippen molar-refractivity contribution in [3.05, 3.63) is 11.6 Å². The highest BCUT2D eigenvalue weighted by molar-refractivity contribution is 5.88. The van der Waals surface area contributed by atoms with Gasteiger partial charge in [-0.15, -0.1) is 0 Å². The maximum atomic E-state index is 12.1. The van der Waals surface area contributed by atoms with Gasteiger partial charge in [0, 0.05) is 25.5 Å². The zero-order valence-corrected chi connectivity index (χ0v) is 15.5. The fourth-order valence-electron chi connectivity index (χ4n) is 2.82. The van der Waals surface area contributed by atoms with Crippen molar-refractivity contribution in [1.82, 2.24) is 5.32 Å². The first-order chi connectivity index (χ1) is 12.0. The first-order valence-electron chi connectivity index (χ1n) is 8.30. The number of aliphatic carboxylic acids is 2. The molecule has 0 bridgehead atoms. The first kappa shape index (κ1) is 21.9. The number of nitrogens with one attached hydrogen (secondary N) is 1. The molecule has 9 heteroatoms. The molecule has 1 rings (SSSR count). The number of methoxy groups -OCH3 is 1. The van der Waals surface area contributed by atoms with Gasteiger partial charge in [0.1, 0.15) is 12.4 Å². The van der Waals surface area contributed by atoms with E-state index in [1.807, 2.05) is 0 Å². The minimum Gasteiger partial charge on any atom is -0.481 e. The number of carbonyl (C=O) groups is 3. The second kappa shape index (κ2) is 9.54. The van der Waals surface area contributed by atoms with E-state index in [1.165, 1.54) is 13.2 Å². The van der Waals surface area contributed by atoms with Crippen LogP contribution in [0.5, 0.6) is 0 Å². The van der Waals surface area contributed by atoms with Crippen molar-refractivity contribution in [3.63, 3.8) is 0 Å². The fraction of sp³-hybridized carbons (Fsp3) is 0.706. The van der Waals surface area contributed by atoms with Crippen LogP contribution in [0.3, 0.4) is 0 Å². The number of hydrogen-bond donors (Lipinski definition) is 3. The molecule has 0 heterocycles. The topological polar surface area (TPSA) is 131 Å². The van der Waals surface area contributed by atoms with Gasteiger partial charge in [0.05, 0.1) is 11.7 Å². The molecule has 3 atom stereocenters. The van der Waals surface area contributed by atoms with Gasteiger partial charge in [-0.3, -0.25) is 4.79 Å². The molecule has 0 unspecified atom stereocenters. The predicted octanol–water partition coefficient (Wildman–Crippen LogP) is 1.76. The molecule has 1 aliphatic rings. The molecule has 148 valence electrons. The lowest BCUT2D eigenvalue weighted by Crippen LogP contribution is -2.50. The Labute approximate surface area is 152 Å². The fourth-order valence-corrected chi connectivity index (χ4v) is 2.82. The standard InChI is InChI=1S/C17H27NO8/c1-17(2,3)26-16(23)18-12-7-5-11(15(21)22)14(25-9-24-4)10(12)6-8-13(19)20/h5,10,12,14H,6-9H2,1-4H3,(H,18,23)(H,19,20)(H,21,22)/t10-,12+,14+/m0/s1. The Balaban J connectivity index is 3.03. The third-order valence-corrected chi connectivity index (χ3v) is 3.81. The van der Waals surface area contributed by atoms with Crippen LogP contribution in [0.1, 0.15) is 40.0 Å². The molecule has 26 heavy (non-hydrogen) atoms. The smallest absolute Gasteiger partial charge is 0.407 e. The number of amides is 1. The summed E-state index contributed by atoms with van der Waals surface area (Å²) in [6, 6.07) is -0.519. The largest absolute Gasteiger partial charge is 0.481 e. The minimum atomic E-state index is -1.15. The van der Waals surface area contributed by atoms with Gasteiger partial charge in [-0.1, -0.05) is 6.08 Å². The van der Waals surface area contributed by atoms with E-state index in [0.717, 1.165) is 0 Å². The summed E-state index contributed by atoms with van der Waals surface area (Å²) >= 11 is 0. The Morgan fingerprint density at radius 1 is 1.27 bits per heavy atom. The van der Waals surface area contributed by atoms with E-state index in [9.17, 15) is 19.5 Å². The lowest BCUT2D eigenvalue weighted by molar-refractivity contribution is -0.139. The van der Waals surface area contributed by atoms with Gasteiger partial charge in [-0.25, -0.2) is 9.59 Å². The number of ether oxygens (including phenoxy) is 3. The van der Waals surface area contributed by atoms with Crippen molar-refractivity contribution in [2.45, 2.75) is 57.8 Å². The average molecular weight is 373 g/mol. The van der Waals surface area contributed by atoms with Crippen molar-refractivity contribution < 1.29 is 38.8 Å². The van der Waals surface area contributed by atoms with Gasteiger partial charge >= 0.3 is 18.0 Å². The molecule has 0 aromatic carbocycles. The summed E-state index contributed by atoms with van der Waals surface area (Å²) in [4.78, 5) is 34.6. The maximum Gasteiger partial charge on any atom is 0.407 e. The number of carbonyl (C=O) groups excluding carboxylic acids is 1. The van der Waals surface area contributed by atoms with Crippen molar-refractivity contribution in [3.8, 4) is 0 Å². The molecule has 0 spiro atoms.